The van der Waals surface area contributed by atoms with Gasteiger partial charge in [0, 0.05) is 19.3 Å². The summed E-state index contributed by atoms with van der Waals surface area (Å²) in [5, 5.41) is 0. The molecule has 0 saturated carbocycles. The van der Waals surface area contributed by atoms with Gasteiger partial charge in [-0.3, -0.25) is 14.4 Å². The van der Waals surface area contributed by atoms with Crippen molar-refractivity contribution in [2.75, 3.05) is 13.2 Å². The summed E-state index contributed by atoms with van der Waals surface area (Å²) in [6, 6.07) is 0. The quantitative estimate of drug-likeness (QED) is 0.0261. The first kappa shape index (κ1) is 79.3. The molecule has 0 spiro atoms. The van der Waals surface area contributed by atoms with Crippen molar-refractivity contribution < 1.29 is 28.6 Å². The van der Waals surface area contributed by atoms with E-state index in [9.17, 15) is 14.4 Å². The lowest BCUT2D eigenvalue weighted by Gasteiger charge is -2.18. The highest BCUT2D eigenvalue weighted by Crippen LogP contribution is 2.17. The van der Waals surface area contributed by atoms with Gasteiger partial charge in [0.15, 0.2) is 6.10 Å². The van der Waals surface area contributed by atoms with E-state index in [0.29, 0.717) is 19.3 Å². The molecule has 0 aromatic rings. The molecule has 0 rings (SSSR count). The standard InChI is InChI=1S/C77H134O6/c1-4-7-10-13-16-19-22-25-28-31-33-35-36-37-38-39-40-42-43-46-49-52-55-58-61-64-67-70-76(79)82-73-74(72-81-75(78)69-66-63-60-57-54-51-48-45-30-27-24-21-18-15-12-9-6-3)83-77(80)71-68-65-62-59-56-53-50-47-44-41-34-32-29-26-23-20-17-14-11-8-5-2/h9,12,18,21-23,25-27,30-34,48,51,74H,4-8,10-11,13-17,19-20,24,28-29,35-47,49-50,52-73H2,1-3H3/b12-9-,21-18-,25-22-,26-23-,30-27-,33-31-,34-32-,51-48-. The van der Waals surface area contributed by atoms with Crippen LogP contribution in [-0.4, -0.2) is 37.2 Å². The van der Waals surface area contributed by atoms with Crippen LogP contribution in [0.1, 0.15) is 355 Å². The molecule has 0 aliphatic rings. The topological polar surface area (TPSA) is 78.9 Å². The molecule has 0 aromatic heterocycles. The van der Waals surface area contributed by atoms with Crippen LogP contribution < -0.4 is 0 Å². The molecule has 0 aliphatic carbocycles. The Morgan fingerprint density at radius 2 is 0.470 bits per heavy atom. The van der Waals surface area contributed by atoms with Crippen LogP contribution in [0.15, 0.2) is 97.2 Å². The zero-order chi connectivity index (χ0) is 59.9. The maximum Gasteiger partial charge on any atom is 0.306 e. The lowest BCUT2D eigenvalue weighted by Crippen LogP contribution is -2.30. The summed E-state index contributed by atoms with van der Waals surface area (Å²) in [6.07, 6.45) is 95.7. The van der Waals surface area contributed by atoms with E-state index in [2.05, 4.69) is 118 Å². The predicted molar refractivity (Wildman–Crippen MR) is 362 cm³/mol. The van der Waals surface area contributed by atoms with E-state index >= 15 is 0 Å². The molecular formula is C77H134O6. The summed E-state index contributed by atoms with van der Waals surface area (Å²) in [6.45, 7) is 6.53. The maximum absolute atomic E-state index is 13.0. The van der Waals surface area contributed by atoms with Gasteiger partial charge in [-0.2, -0.15) is 0 Å². The van der Waals surface area contributed by atoms with Crippen LogP contribution in [0.2, 0.25) is 0 Å². The number of rotatable bonds is 65. The Morgan fingerprint density at radius 3 is 0.735 bits per heavy atom. The normalized spacial score (nSPS) is 12.7. The molecule has 0 fully saturated rings. The second-order valence-corrected chi connectivity index (χ2v) is 23.8. The van der Waals surface area contributed by atoms with Gasteiger partial charge in [-0.15, -0.1) is 0 Å². The first-order valence-corrected chi connectivity index (χ1v) is 35.7. The minimum Gasteiger partial charge on any atom is -0.462 e. The van der Waals surface area contributed by atoms with Crippen molar-refractivity contribution in [3.05, 3.63) is 97.2 Å². The molecule has 83 heavy (non-hydrogen) atoms. The number of carbonyl (C=O) groups is 3. The second-order valence-electron chi connectivity index (χ2n) is 23.8. The zero-order valence-electron chi connectivity index (χ0n) is 54.9. The zero-order valence-corrected chi connectivity index (χ0v) is 54.9. The predicted octanol–water partition coefficient (Wildman–Crippen LogP) is 24.8. The van der Waals surface area contributed by atoms with Crippen molar-refractivity contribution in [2.24, 2.45) is 0 Å². The van der Waals surface area contributed by atoms with E-state index in [1.165, 1.54) is 205 Å². The molecule has 6 heteroatoms. The Labute approximate surface area is 515 Å². The van der Waals surface area contributed by atoms with Gasteiger partial charge in [-0.05, 0) is 122 Å². The number of unbranched alkanes of at least 4 members (excludes halogenated alkanes) is 38. The average molecular weight is 1160 g/mol. The third kappa shape index (κ3) is 69.0. The average Bonchev–Trinajstić information content (AvgIpc) is 3.50. The van der Waals surface area contributed by atoms with Crippen LogP contribution in [0.3, 0.4) is 0 Å². The van der Waals surface area contributed by atoms with Crippen molar-refractivity contribution in [3.63, 3.8) is 0 Å². The lowest BCUT2D eigenvalue weighted by molar-refractivity contribution is -0.167. The minimum absolute atomic E-state index is 0.0856. The minimum atomic E-state index is -0.793. The number of esters is 3. The fourth-order valence-electron chi connectivity index (χ4n) is 10.2. The molecule has 0 N–H and O–H groups in total. The monoisotopic (exact) mass is 1160 g/mol. The SMILES string of the molecule is CC/C=C\C/C=C\C/C=C\C/C=C\CCCCCCC(=O)OCC(COC(=O)CCCCCCCCCCCCCCCCC/C=C\C/C=C\CCCCCCC)OC(=O)CCCCCCCCCCC/C=C\C/C=C\CCCCCCC. The molecule has 478 valence electrons. The number of allylic oxidation sites excluding steroid dienone is 16. The highest BCUT2D eigenvalue weighted by atomic mass is 16.6. The summed E-state index contributed by atoms with van der Waals surface area (Å²) in [7, 11) is 0. The highest BCUT2D eigenvalue weighted by Gasteiger charge is 2.19. The van der Waals surface area contributed by atoms with E-state index in [1.54, 1.807) is 0 Å². The van der Waals surface area contributed by atoms with Gasteiger partial charge in [-0.25, -0.2) is 0 Å². The van der Waals surface area contributed by atoms with Crippen molar-refractivity contribution in [3.8, 4) is 0 Å². The Balaban J connectivity index is 4.34. The first-order valence-electron chi connectivity index (χ1n) is 35.7. The molecule has 0 heterocycles. The van der Waals surface area contributed by atoms with Crippen molar-refractivity contribution in [2.45, 2.75) is 361 Å². The van der Waals surface area contributed by atoms with Gasteiger partial charge in [0.25, 0.3) is 0 Å². The molecule has 1 unspecified atom stereocenters. The first-order chi connectivity index (χ1) is 41.0. The van der Waals surface area contributed by atoms with Gasteiger partial charge < -0.3 is 14.2 Å². The smallest absolute Gasteiger partial charge is 0.306 e. The van der Waals surface area contributed by atoms with E-state index in [0.717, 1.165) is 109 Å². The molecule has 6 nitrogen and oxygen atoms in total. The van der Waals surface area contributed by atoms with Gasteiger partial charge >= 0.3 is 17.9 Å². The summed E-state index contributed by atoms with van der Waals surface area (Å²) in [5.41, 5.74) is 0. The molecule has 0 bridgehead atoms. The molecule has 0 saturated heterocycles. The third-order valence-electron chi connectivity index (χ3n) is 15.5. The highest BCUT2D eigenvalue weighted by molar-refractivity contribution is 5.71. The Bertz CT molecular complexity index is 1610. The Hall–Kier alpha value is -3.67. The second kappa shape index (κ2) is 70.8. The van der Waals surface area contributed by atoms with Crippen LogP contribution in [0.5, 0.6) is 0 Å². The lowest BCUT2D eigenvalue weighted by atomic mass is 10.0. The molecule has 0 amide bonds. The van der Waals surface area contributed by atoms with Crippen LogP contribution >= 0.6 is 0 Å². The molecule has 0 radical (unpaired) electrons. The molecule has 1 atom stereocenters. The van der Waals surface area contributed by atoms with E-state index in [4.69, 9.17) is 14.2 Å². The van der Waals surface area contributed by atoms with Gasteiger partial charge in [-0.1, -0.05) is 311 Å². The number of hydrogen-bond acceptors (Lipinski definition) is 6. The van der Waals surface area contributed by atoms with Crippen molar-refractivity contribution in [1.29, 1.82) is 0 Å². The Kier molecular flexibility index (Phi) is 67.7. The van der Waals surface area contributed by atoms with Crippen LogP contribution in [0.25, 0.3) is 0 Å². The van der Waals surface area contributed by atoms with Crippen molar-refractivity contribution >= 4 is 17.9 Å². The van der Waals surface area contributed by atoms with Gasteiger partial charge in [0.2, 0.25) is 0 Å². The maximum atomic E-state index is 13.0. The van der Waals surface area contributed by atoms with E-state index in [1.807, 2.05) is 0 Å². The number of ether oxygens (including phenoxy) is 3. The third-order valence-corrected chi connectivity index (χ3v) is 15.5. The van der Waals surface area contributed by atoms with Crippen LogP contribution in [-0.2, 0) is 28.6 Å². The van der Waals surface area contributed by atoms with E-state index in [-0.39, 0.29) is 31.1 Å². The summed E-state index contributed by atoms with van der Waals surface area (Å²) < 4.78 is 17.0. The Morgan fingerprint density at radius 1 is 0.253 bits per heavy atom. The van der Waals surface area contributed by atoms with E-state index < -0.39 is 6.10 Å². The summed E-state index contributed by atoms with van der Waals surface area (Å²) in [5.74, 6) is -0.899. The summed E-state index contributed by atoms with van der Waals surface area (Å²) in [4.78, 5) is 38.5. The largest absolute Gasteiger partial charge is 0.462 e. The fourth-order valence-corrected chi connectivity index (χ4v) is 10.2. The molecule has 0 aromatic carbocycles. The van der Waals surface area contributed by atoms with Crippen molar-refractivity contribution in [1.82, 2.24) is 0 Å². The van der Waals surface area contributed by atoms with Gasteiger partial charge in [0.05, 0.1) is 0 Å². The molecule has 0 aliphatic heterocycles. The summed E-state index contributed by atoms with van der Waals surface area (Å²) >= 11 is 0. The molecular weight excluding hydrogens is 1020 g/mol. The van der Waals surface area contributed by atoms with Gasteiger partial charge in [0.1, 0.15) is 13.2 Å². The number of hydrogen-bond donors (Lipinski definition) is 0. The number of carbonyl (C=O) groups excluding carboxylic acids is 3. The fraction of sp³-hybridized carbons (Fsp3) is 0.753. The van der Waals surface area contributed by atoms with Crippen LogP contribution in [0, 0.1) is 0 Å². The van der Waals surface area contributed by atoms with Crippen LogP contribution in [0.4, 0.5) is 0 Å².